The molecular formula is C11H19N5O. The molecule has 1 aromatic rings. The lowest BCUT2D eigenvalue weighted by Crippen LogP contribution is -2.31. The van der Waals surface area contributed by atoms with E-state index in [0.717, 1.165) is 24.2 Å². The zero-order chi connectivity index (χ0) is 12.7. The molecule has 0 fully saturated rings. The number of rotatable bonds is 5. The molecule has 1 rings (SSSR count). The second-order valence-corrected chi connectivity index (χ2v) is 3.75. The molecule has 0 unspecified atom stereocenters. The van der Waals surface area contributed by atoms with E-state index >= 15 is 0 Å². The van der Waals surface area contributed by atoms with Crippen LogP contribution in [0.2, 0.25) is 0 Å². The SMILES string of the molecule is CCCCONC(N)=Nc1nc(C)cc(C)n1. The van der Waals surface area contributed by atoms with Crippen molar-refractivity contribution in [3.05, 3.63) is 17.5 Å². The van der Waals surface area contributed by atoms with Gasteiger partial charge in [0.15, 0.2) is 0 Å². The van der Waals surface area contributed by atoms with Gasteiger partial charge in [0.05, 0.1) is 6.61 Å². The summed E-state index contributed by atoms with van der Waals surface area (Å²) in [6.45, 7) is 6.45. The Morgan fingerprint density at radius 2 is 2.06 bits per heavy atom. The number of unbranched alkanes of at least 4 members (excludes halogenated alkanes) is 1. The molecule has 0 amide bonds. The van der Waals surface area contributed by atoms with Gasteiger partial charge in [-0.15, -0.1) is 0 Å². The predicted molar refractivity (Wildman–Crippen MR) is 66.8 cm³/mol. The quantitative estimate of drug-likeness (QED) is 0.349. The van der Waals surface area contributed by atoms with Crippen LogP contribution < -0.4 is 11.2 Å². The van der Waals surface area contributed by atoms with Crippen LogP contribution in [-0.2, 0) is 4.84 Å². The first-order valence-corrected chi connectivity index (χ1v) is 5.66. The van der Waals surface area contributed by atoms with E-state index in [1.165, 1.54) is 0 Å². The minimum atomic E-state index is 0.158. The number of nitrogens with one attached hydrogen (secondary N) is 1. The van der Waals surface area contributed by atoms with Crippen LogP contribution in [0.15, 0.2) is 11.1 Å². The summed E-state index contributed by atoms with van der Waals surface area (Å²) in [6.07, 6.45) is 2.04. The van der Waals surface area contributed by atoms with Crippen LogP contribution in [0.4, 0.5) is 5.95 Å². The zero-order valence-electron chi connectivity index (χ0n) is 10.5. The molecule has 0 atom stereocenters. The van der Waals surface area contributed by atoms with Crippen molar-refractivity contribution >= 4 is 11.9 Å². The standard InChI is InChI=1S/C11H19N5O/c1-4-5-6-17-16-10(12)15-11-13-8(2)7-9(3)14-11/h7H,4-6H2,1-3H3,(H3,12,13,14,15,16). The van der Waals surface area contributed by atoms with Crippen LogP contribution in [-0.4, -0.2) is 22.5 Å². The molecule has 0 saturated heterocycles. The normalized spacial score (nSPS) is 11.6. The number of aromatic nitrogens is 2. The molecular weight excluding hydrogens is 218 g/mol. The molecule has 17 heavy (non-hydrogen) atoms. The molecule has 0 radical (unpaired) electrons. The van der Waals surface area contributed by atoms with Gasteiger partial charge in [-0.1, -0.05) is 13.3 Å². The molecule has 94 valence electrons. The van der Waals surface area contributed by atoms with Crippen molar-refractivity contribution in [3.8, 4) is 0 Å². The van der Waals surface area contributed by atoms with E-state index in [0.29, 0.717) is 12.6 Å². The summed E-state index contributed by atoms with van der Waals surface area (Å²) in [4.78, 5) is 17.4. The summed E-state index contributed by atoms with van der Waals surface area (Å²) in [5, 5.41) is 0. The summed E-state index contributed by atoms with van der Waals surface area (Å²) >= 11 is 0. The summed E-state index contributed by atoms with van der Waals surface area (Å²) in [6, 6.07) is 1.88. The molecule has 0 saturated carbocycles. The van der Waals surface area contributed by atoms with Gasteiger partial charge in [0.25, 0.3) is 5.95 Å². The van der Waals surface area contributed by atoms with Crippen LogP contribution >= 0.6 is 0 Å². The second kappa shape index (κ2) is 6.80. The van der Waals surface area contributed by atoms with Gasteiger partial charge in [-0.05, 0) is 26.3 Å². The Balaban J connectivity index is 2.54. The fraction of sp³-hybridized carbons (Fsp3) is 0.545. The minimum absolute atomic E-state index is 0.158. The van der Waals surface area contributed by atoms with Crippen molar-refractivity contribution in [1.82, 2.24) is 15.4 Å². The Hall–Kier alpha value is -1.69. The smallest absolute Gasteiger partial charge is 0.253 e. The number of nitrogens with two attached hydrogens (primary N) is 1. The van der Waals surface area contributed by atoms with Crippen LogP contribution in [0, 0.1) is 13.8 Å². The molecule has 1 aromatic heterocycles. The Morgan fingerprint density at radius 3 is 2.65 bits per heavy atom. The van der Waals surface area contributed by atoms with Crippen molar-refractivity contribution in [2.75, 3.05) is 6.61 Å². The fourth-order valence-electron chi connectivity index (χ4n) is 1.23. The van der Waals surface area contributed by atoms with Gasteiger partial charge in [0.2, 0.25) is 5.96 Å². The highest BCUT2D eigenvalue weighted by Gasteiger charge is 1.99. The first-order valence-electron chi connectivity index (χ1n) is 5.66. The number of hydroxylamine groups is 1. The summed E-state index contributed by atoms with van der Waals surface area (Å²) < 4.78 is 0. The Kier molecular flexibility index (Phi) is 5.35. The molecule has 0 spiro atoms. The maximum Gasteiger partial charge on any atom is 0.253 e. The Labute approximate surface area is 101 Å². The van der Waals surface area contributed by atoms with Gasteiger partial charge >= 0.3 is 0 Å². The third-order valence-electron chi connectivity index (χ3n) is 1.97. The number of hydrogen-bond acceptors (Lipinski definition) is 4. The van der Waals surface area contributed by atoms with Crippen molar-refractivity contribution in [3.63, 3.8) is 0 Å². The number of hydrogen-bond donors (Lipinski definition) is 2. The fourth-order valence-corrected chi connectivity index (χ4v) is 1.23. The number of nitrogens with zero attached hydrogens (tertiary/aromatic N) is 3. The van der Waals surface area contributed by atoms with E-state index in [2.05, 4.69) is 27.4 Å². The molecule has 0 aromatic carbocycles. The van der Waals surface area contributed by atoms with Gasteiger partial charge in [-0.3, -0.25) is 4.84 Å². The monoisotopic (exact) mass is 237 g/mol. The predicted octanol–water partition coefficient (Wildman–Crippen LogP) is 1.36. The Morgan fingerprint density at radius 1 is 1.41 bits per heavy atom. The third-order valence-corrected chi connectivity index (χ3v) is 1.97. The minimum Gasteiger partial charge on any atom is -0.368 e. The topological polar surface area (TPSA) is 85.4 Å². The van der Waals surface area contributed by atoms with Gasteiger partial charge in [-0.2, -0.15) is 4.99 Å². The van der Waals surface area contributed by atoms with Crippen LogP contribution in [0.25, 0.3) is 0 Å². The molecule has 0 bridgehead atoms. The second-order valence-electron chi connectivity index (χ2n) is 3.75. The van der Waals surface area contributed by atoms with Gasteiger partial charge < -0.3 is 5.73 Å². The Bertz CT molecular complexity index is 371. The lowest BCUT2D eigenvalue weighted by molar-refractivity contribution is 0.0818. The highest BCUT2D eigenvalue weighted by Crippen LogP contribution is 2.06. The van der Waals surface area contributed by atoms with Crippen molar-refractivity contribution in [2.45, 2.75) is 33.6 Å². The number of guanidine groups is 1. The maximum absolute atomic E-state index is 5.62. The first-order chi connectivity index (χ1) is 8.11. The molecule has 1 heterocycles. The van der Waals surface area contributed by atoms with E-state index in [-0.39, 0.29) is 5.96 Å². The molecule has 6 heteroatoms. The summed E-state index contributed by atoms with van der Waals surface area (Å²) in [7, 11) is 0. The van der Waals surface area contributed by atoms with Gasteiger partial charge in [-0.25, -0.2) is 15.4 Å². The molecule has 0 aliphatic rings. The van der Waals surface area contributed by atoms with Crippen LogP contribution in [0.5, 0.6) is 0 Å². The first kappa shape index (κ1) is 13.4. The number of aryl methyl sites for hydroxylation is 2. The molecule has 3 N–H and O–H groups in total. The lowest BCUT2D eigenvalue weighted by atomic mass is 10.4. The van der Waals surface area contributed by atoms with E-state index < -0.39 is 0 Å². The van der Waals surface area contributed by atoms with Gasteiger partial charge in [0, 0.05) is 11.4 Å². The van der Waals surface area contributed by atoms with E-state index in [4.69, 9.17) is 10.6 Å². The highest BCUT2D eigenvalue weighted by atomic mass is 16.6. The van der Waals surface area contributed by atoms with Crippen molar-refractivity contribution in [2.24, 2.45) is 10.7 Å². The van der Waals surface area contributed by atoms with Crippen molar-refractivity contribution in [1.29, 1.82) is 0 Å². The average Bonchev–Trinajstić information content (AvgIpc) is 2.23. The average molecular weight is 237 g/mol. The van der Waals surface area contributed by atoms with Crippen LogP contribution in [0.1, 0.15) is 31.2 Å². The number of aliphatic imine (C=N–C) groups is 1. The van der Waals surface area contributed by atoms with E-state index in [1.54, 1.807) is 0 Å². The zero-order valence-corrected chi connectivity index (χ0v) is 10.5. The van der Waals surface area contributed by atoms with Crippen molar-refractivity contribution < 1.29 is 4.84 Å². The lowest BCUT2D eigenvalue weighted by Gasteiger charge is -2.05. The molecule has 6 nitrogen and oxygen atoms in total. The summed E-state index contributed by atoms with van der Waals surface area (Å²) in [5.41, 5.74) is 9.89. The van der Waals surface area contributed by atoms with Crippen LogP contribution in [0.3, 0.4) is 0 Å². The summed E-state index contributed by atoms with van der Waals surface area (Å²) in [5.74, 6) is 0.498. The third kappa shape index (κ3) is 5.26. The van der Waals surface area contributed by atoms with E-state index in [1.807, 2.05) is 19.9 Å². The molecule has 0 aliphatic carbocycles. The largest absolute Gasteiger partial charge is 0.368 e. The van der Waals surface area contributed by atoms with E-state index in [9.17, 15) is 0 Å². The maximum atomic E-state index is 5.62. The highest BCUT2D eigenvalue weighted by molar-refractivity contribution is 5.78. The molecule has 0 aliphatic heterocycles. The van der Waals surface area contributed by atoms with Gasteiger partial charge in [0.1, 0.15) is 0 Å².